The Balaban J connectivity index is 1.55. The Kier molecular flexibility index (Phi) is 4.31. The molecule has 2 heterocycles. The molecule has 0 unspecified atom stereocenters. The zero-order chi connectivity index (χ0) is 17.6. The van der Waals surface area contributed by atoms with E-state index in [0.29, 0.717) is 25.9 Å². The number of aromatic nitrogens is 1. The molecule has 2 aromatic rings. The zero-order valence-corrected chi connectivity index (χ0v) is 15.5. The number of hydrogen-bond acceptors (Lipinski definition) is 2. The number of H-pyrrole nitrogens is 1. The van der Waals surface area contributed by atoms with E-state index < -0.39 is 5.97 Å². The molecule has 2 aliphatic rings. The predicted molar refractivity (Wildman–Crippen MR) is 98.2 cm³/mol. The van der Waals surface area contributed by atoms with Crippen LogP contribution >= 0.6 is 15.9 Å². The molecule has 1 fully saturated rings. The lowest BCUT2D eigenvalue weighted by Crippen LogP contribution is -2.41. The molecule has 0 spiro atoms. The van der Waals surface area contributed by atoms with E-state index in [4.69, 9.17) is 0 Å². The van der Waals surface area contributed by atoms with Gasteiger partial charge in [0.1, 0.15) is 0 Å². The highest BCUT2D eigenvalue weighted by atomic mass is 79.9. The average Bonchev–Trinajstić information content (AvgIpc) is 2.98. The largest absolute Gasteiger partial charge is 0.481 e. The quantitative estimate of drug-likeness (QED) is 0.800. The maximum atomic E-state index is 13.0. The lowest BCUT2D eigenvalue weighted by Gasteiger charge is -2.33. The van der Waals surface area contributed by atoms with Crippen LogP contribution in [0.25, 0.3) is 10.9 Å². The normalized spacial score (nSPS) is 23.5. The number of rotatable bonds is 2. The van der Waals surface area contributed by atoms with E-state index in [1.165, 1.54) is 11.3 Å². The molecule has 1 aromatic heterocycles. The molecule has 0 radical (unpaired) electrons. The highest BCUT2D eigenvalue weighted by Gasteiger charge is 2.34. The van der Waals surface area contributed by atoms with Gasteiger partial charge >= 0.3 is 5.97 Å². The lowest BCUT2D eigenvalue weighted by atomic mass is 9.80. The Bertz CT molecular complexity index is 845. The van der Waals surface area contributed by atoms with E-state index in [2.05, 4.69) is 33.0 Å². The van der Waals surface area contributed by atoms with Gasteiger partial charge in [-0.1, -0.05) is 22.4 Å². The Hall–Kier alpha value is -1.82. The van der Waals surface area contributed by atoms with Crippen molar-refractivity contribution in [3.05, 3.63) is 33.9 Å². The summed E-state index contributed by atoms with van der Waals surface area (Å²) in [4.78, 5) is 29.6. The molecule has 2 atom stereocenters. The van der Waals surface area contributed by atoms with Gasteiger partial charge in [0, 0.05) is 52.1 Å². The molecular formula is C19H21BrN2O3. The number of nitrogens with zero attached hydrogens (tertiary/aromatic N) is 1. The fourth-order valence-corrected chi connectivity index (χ4v) is 4.63. The van der Waals surface area contributed by atoms with Crippen molar-refractivity contribution in [2.75, 3.05) is 6.54 Å². The zero-order valence-electron chi connectivity index (χ0n) is 13.9. The van der Waals surface area contributed by atoms with Crippen LogP contribution in [0.5, 0.6) is 0 Å². The molecular weight excluding hydrogens is 384 g/mol. The fraction of sp³-hybridized carbons (Fsp3) is 0.474. The SMILES string of the molecule is O=C(O)[C@H]1CCC[C@@H](C(=O)N2CCc3[nH]c4ccc(Br)cc4c3C2)C1. The first kappa shape index (κ1) is 16.6. The Morgan fingerprint density at radius 1 is 1.24 bits per heavy atom. The highest BCUT2D eigenvalue weighted by Crippen LogP contribution is 2.34. The third-order valence-corrected chi connectivity index (χ3v) is 6.11. The van der Waals surface area contributed by atoms with Crippen molar-refractivity contribution in [3.63, 3.8) is 0 Å². The minimum absolute atomic E-state index is 0.126. The van der Waals surface area contributed by atoms with Crippen molar-refractivity contribution < 1.29 is 14.7 Å². The maximum absolute atomic E-state index is 13.0. The summed E-state index contributed by atoms with van der Waals surface area (Å²) in [6, 6.07) is 6.17. The maximum Gasteiger partial charge on any atom is 0.306 e. The summed E-state index contributed by atoms with van der Waals surface area (Å²) in [5.74, 6) is -1.15. The second kappa shape index (κ2) is 6.48. The van der Waals surface area contributed by atoms with Crippen LogP contribution in [-0.2, 0) is 22.6 Å². The Labute approximate surface area is 154 Å². The Morgan fingerprint density at radius 2 is 2.04 bits per heavy atom. The number of halogens is 1. The molecule has 132 valence electrons. The van der Waals surface area contributed by atoms with Crippen LogP contribution in [0, 0.1) is 11.8 Å². The van der Waals surface area contributed by atoms with Crippen LogP contribution in [0.15, 0.2) is 22.7 Å². The van der Waals surface area contributed by atoms with Crippen LogP contribution in [0.2, 0.25) is 0 Å². The number of aromatic amines is 1. The van der Waals surface area contributed by atoms with Gasteiger partial charge in [0.25, 0.3) is 0 Å². The van der Waals surface area contributed by atoms with Gasteiger partial charge in [0.15, 0.2) is 0 Å². The van der Waals surface area contributed by atoms with Crippen molar-refractivity contribution in [2.45, 2.75) is 38.6 Å². The first-order chi connectivity index (χ1) is 12.0. The second-order valence-corrected chi connectivity index (χ2v) is 8.10. The second-order valence-electron chi connectivity index (χ2n) is 7.18. The molecule has 1 amide bonds. The van der Waals surface area contributed by atoms with Crippen molar-refractivity contribution >= 4 is 38.7 Å². The van der Waals surface area contributed by atoms with Crippen molar-refractivity contribution in [1.82, 2.24) is 9.88 Å². The predicted octanol–water partition coefficient (Wildman–Crippen LogP) is 3.71. The van der Waals surface area contributed by atoms with E-state index in [9.17, 15) is 14.7 Å². The molecule has 4 rings (SSSR count). The van der Waals surface area contributed by atoms with Gasteiger partial charge in [-0.2, -0.15) is 0 Å². The number of amides is 1. The van der Waals surface area contributed by atoms with Crippen molar-refractivity contribution in [2.24, 2.45) is 11.8 Å². The van der Waals surface area contributed by atoms with Gasteiger partial charge in [0.05, 0.1) is 5.92 Å². The third-order valence-electron chi connectivity index (χ3n) is 5.62. The number of carbonyl (C=O) groups is 2. The number of carboxylic acid groups (broad SMARTS) is 1. The topological polar surface area (TPSA) is 73.4 Å². The van der Waals surface area contributed by atoms with Gasteiger partial charge in [0.2, 0.25) is 5.91 Å². The molecule has 5 nitrogen and oxygen atoms in total. The third kappa shape index (κ3) is 3.08. The van der Waals surface area contributed by atoms with Gasteiger partial charge < -0.3 is 15.0 Å². The molecule has 0 saturated heterocycles. The average molecular weight is 405 g/mol. The van der Waals surface area contributed by atoms with E-state index in [1.54, 1.807) is 0 Å². The molecule has 1 aliphatic heterocycles. The minimum Gasteiger partial charge on any atom is -0.481 e. The standard InChI is InChI=1S/C19H21BrN2O3/c20-13-4-5-16-14(9-13)15-10-22(7-6-17(15)21-16)18(23)11-2-1-3-12(8-11)19(24)25/h4-5,9,11-12,21H,1-3,6-8,10H2,(H,24,25)/t11-,12+/m1/s1. The van der Waals surface area contributed by atoms with Crippen LogP contribution in [-0.4, -0.2) is 33.4 Å². The molecule has 1 aliphatic carbocycles. The van der Waals surface area contributed by atoms with Gasteiger partial charge in [-0.15, -0.1) is 0 Å². The number of nitrogens with one attached hydrogen (secondary N) is 1. The molecule has 0 bridgehead atoms. The summed E-state index contributed by atoms with van der Waals surface area (Å²) in [7, 11) is 0. The van der Waals surface area contributed by atoms with Crippen LogP contribution in [0.1, 0.15) is 36.9 Å². The molecule has 6 heteroatoms. The van der Waals surface area contributed by atoms with E-state index in [-0.39, 0.29) is 17.7 Å². The van der Waals surface area contributed by atoms with E-state index in [1.807, 2.05) is 11.0 Å². The highest BCUT2D eigenvalue weighted by molar-refractivity contribution is 9.10. The summed E-state index contributed by atoms with van der Waals surface area (Å²) in [6.07, 6.45) is 3.64. The Morgan fingerprint density at radius 3 is 2.84 bits per heavy atom. The van der Waals surface area contributed by atoms with Gasteiger partial charge in [-0.25, -0.2) is 0 Å². The summed E-state index contributed by atoms with van der Waals surface area (Å²) in [6.45, 7) is 1.31. The number of benzene rings is 1. The van der Waals surface area contributed by atoms with Crippen molar-refractivity contribution in [1.29, 1.82) is 0 Å². The van der Waals surface area contributed by atoms with Gasteiger partial charge in [-0.3, -0.25) is 9.59 Å². The molecule has 2 N–H and O–H groups in total. The monoisotopic (exact) mass is 404 g/mol. The summed E-state index contributed by atoms with van der Waals surface area (Å²) < 4.78 is 1.03. The van der Waals surface area contributed by atoms with E-state index in [0.717, 1.165) is 34.6 Å². The summed E-state index contributed by atoms with van der Waals surface area (Å²) >= 11 is 3.52. The van der Waals surface area contributed by atoms with Crippen LogP contribution in [0.4, 0.5) is 0 Å². The molecule has 25 heavy (non-hydrogen) atoms. The van der Waals surface area contributed by atoms with E-state index >= 15 is 0 Å². The number of hydrogen-bond donors (Lipinski definition) is 2. The lowest BCUT2D eigenvalue weighted by molar-refractivity contribution is -0.145. The number of aliphatic carboxylic acids is 1. The van der Waals surface area contributed by atoms with Crippen molar-refractivity contribution in [3.8, 4) is 0 Å². The van der Waals surface area contributed by atoms with Crippen LogP contribution < -0.4 is 0 Å². The number of carbonyl (C=O) groups excluding carboxylic acids is 1. The number of fused-ring (bicyclic) bond motifs is 3. The summed E-state index contributed by atoms with van der Waals surface area (Å²) in [5.41, 5.74) is 3.51. The smallest absolute Gasteiger partial charge is 0.306 e. The molecule has 1 saturated carbocycles. The first-order valence-electron chi connectivity index (χ1n) is 8.83. The first-order valence-corrected chi connectivity index (χ1v) is 9.63. The number of carboxylic acids is 1. The molecule has 1 aromatic carbocycles. The fourth-order valence-electron chi connectivity index (χ4n) is 4.27. The minimum atomic E-state index is -0.764. The van der Waals surface area contributed by atoms with Crippen LogP contribution in [0.3, 0.4) is 0 Å². The van der Waals surface area contributed by atoms with Gasteiger partial charge in [-0.05, 0) is 37.5 Å². The summed E-state index contributed by atoms with van der Waals surface area (Å²) in [5, 5.41) is 10.4.